The normalized spacial score (nSPS) is 12.6. The van der Waals surface area contributed by atoms with Gasteiger partial charge >= 0.3 is 0 Å². The van der Waals surface area contributed by atoms with Gasteiger partial charge in [0.2, 0.25) is 0 Å². The van der Waals surface area contributed by atoms with Crippen molar-refractivity contribution in [1.82, 2.24) is 0 Å². The lowest BCUT2D eigenvalue weighted by Crippen LogP contribution is -2.06. The van der Waals surface area contributed by atoms with E-state index in [0.29, 0.717) is 18.2 Å². The van der Waals surface area contributed by atoms with E-state index in [1.54, 1.807) is 11.3 Å². The molecule has 0 aliphatic rings. The number of hydrogen-bond donors (Lipinski definition) is 0. The first-order valence-corrected chi connectivity index (χ1v) is 19.9. The van der Waals surface area contributed by atoms with Crippen molar-refractivity contribution in [2.24, 2.45) is 15.0 Å². The molecule has 4 nitrogen and oxygen atoms in total. The zero-order chi connectivity index (χ0) is 37.9. The van der Waals surface area contributed by atoms with E-state index in [1.807, 2.05) is 12.1 Å². The van der Waals surface area contributed by atoms with Crippen LogP contribution in [0.3, 0.4) is 0 Å². The Morgan fingerprint density at radius 3 is 2.07 bits per heavy atom. The molecule has 2 aromatic heterocycles. The van der Waals surface area contributed by atoms with Gasteiger partial charge in [-0.05, 0) is 98.2 Å². The summed E-state index contributed by atoms with van der Waals surface area (Å²) in [6.07, 6.45) is 0. The molecule has 0 aliphatic carbocycles. The SMILES string of the molecule is C=N/C(=N\C(=N/Cc1cc(-c2cccc3oc4ccccc4c23)c2ccccc2c1)c1ccc2ccc3ccccc3c2c1)c1cccc2c1sc1ccccc12. The van der Waals surface area contributed by atoms with Gasteiger partial charge in [0.1, 0.15) is 11.2 Å². The Labute approximate surface area is 332 Å². The van der Waals surface area contributed by atoms with Gasteiger partial charge in [-0.25, -0.2) is 9.98 Å². The Balaban J connectivity index is 1.11. The lowest BCUT2D eigenvalue weighted by molar-refractivity contribution is 0.669. The first-order valence-electron chi connectivity index (χ1n) is 19.0. The van der Waals surface area contributed by atoms with Gasteiger partial charge in [-0.3, -0.25) is 4.99 Å². The monoisotopic (exact) mass is 747 g/mol. The highest BCUT2D eigenvalue weighted by Crippen LogP contribution is 2.40. The number of amidine groups is 2. The molecule has 0 saturated carbocycles. The number of aliphatic imine (C=N–C) groups is 3. The largest absolute Gasteiger partial charge is 0.456 e. The van der Waals surface area contributed by atoms with Crippen LogP contribution in [0, 0.1) is 0 Å². The summed E-state index contributed by atoms with van der Waals surface area (Å²) in [5, 5.41) is 11.7. The fraction of sp³-hybridized carbons (Fsp3) is 0.0192. The molecule has 0 unspecified atom stereocenters. The number of benzene rings is 9. The van der Waals surface area contributed by atoms with Gasteiger partial charge in [0.15, 0.2) is 11.7 Å². The number of furan rings is 1. The molecule has 0 saturated heterocycles. The molecular weight excluding hydrogens is 715 g/mol. The van der Waals surface area contributed by atoms with Gasteiger partial charge in [-0.15, -0.1) is 11.3 Å². The van der Waals surface area contributed by atoms with Crippen LogP contribution in [-0.4, -0.2) is 18.4 Å². The van der Waals surface area contributed by atoms with E-state index in [-0.39, 0.29) is 0 Å². The van der Waals surface area contributed by atoms with Gasteiger partial charge in [-0.2, -0.15) is 0 Å². The summed E-state index contributed by atoms with van der Waals surface area (Å²) in [5.74, 6) is 1.14. The van der Waals surface area contributed by atoms with Crippen LogP contribution in [-0.2, 0) is 6.54 Å². The van der Waals surface area contributed by atoms with Crippen molar-refractivity contribution in [3.8, 4) is 11.1 Å². The molecule has 11 aromatic rings. The minimum atomic E-state index is 0.407. The molecule has 0 spiro atoms. The number of rotatable bonds is 5. The van der Waals surface area contributed by atoms with E-state index in [2.05, 4.69) is 176 Å². The van der Waals surface area contributed by atoms with Crippen LogP contribution in [0.2, 0.25) is 0 Å². The summed E-state index contributed by atoms with van der Waals surface area (Å²) in [7, 11) is 0. The van der Waals surface area contributed by atoms with E-state index < -0.39 is 0 Å². The van der Waals surface area contributed by atoms with Crippen LogP contribution in [0.4, 0.5) is 0 Å². The molecule has 0 N–H and O–H groups in total. The third-order valence-electron chi connectivity index (χ3n) is 11.0. The first kappa shape index (κ1) is 33.2. The zero-order valence-corrected chi connectivity index (χ0v) is 31.6. The standard InChI is InChI=1S/C52H33N3OS/c1-53-52(43-20-10-19-41-39-16-7-9-23-48(39)57-50(41)43)55-51(36-27-26-34-25-24-33-12-2-4-14-37(33)44(34)30-36)54-31-32-28-35-13-3-5-15-38(35)45(29-32)40-18-11-22-47-49(40)42-17-6-8-21-46(42)56-47/h2-30H,1,31H2/b54-51-,55-52-. The second-order valence-corrected chi connectivity index (χ2v) is 15.4. The Morgan fingerprint density at radius 1 is 0.509 bits per heavy atom. The Kier molecular flexibility index (Phi) is 7.86. The Bertz CT molecular complexity index is 3480. The molecule has 268 valence electrons. The van der Waals surface area contributed by atoms with E-state index >= 15 is 0 Å². The van der Waals surface area contributed by atoms with Crippen molar-refractivity contribution in [2.75, 3.05) is 0 Å². The molecule has 11 rings (SSSR count). The topological polar surface area (TPSA) is 50.2 Å². The predicted molar refractivity (Wildman–Crippen MR) is 244 cm³/mol. The Morgan fingerprint density at radius 2 is 1.19 bits per heavy atom. The zero-order valence-electron chi connectivity index (χ0n) is 30.8. The van der Waals surface area contributed by atoms with Crippen LogP contribution in [0.15, 0.2) is 195 Å². The number of fused-ring (bicyclic) bond motifs is 10. The van der Waals surface area contributed by atoms with Crippen LogP contribution >= 0.6 is 11.3 Å². The fourth-order valence-corrected chi connectivity index (χ4v) is 9.60. The van der Waals surface area contributed by atoms with E-state index in [4.69, 9.17) is 14.4 Å². The molecule has 0 radical (unpaired) electrons. The van der Waals surface area contributed by atoms with Gasteiger partial charge in [-0.1, -0.05) is 133 Å². The van der Waals surface area contributed by atoms with E-state index in [9.17, 15) is 0 Å². The number of nitrogens with zero attached hydrogens (tertiary/aromatic N) is 3. The minimum absolute atomic E-state index is 0.407. The maximum atomic E-state index is 6.32. The van der Waals surface area contributed by atoms with Gasteiger partial charge in [0.05, 0.1) is 6.54 Å². The average Bonchev–Trinajstić information content (AvgIpc) is 3.85. The summed E-state index contributed by atoms with van der Waals surface area (Å²) in [6.45, 7) is 4.44. The van der Waals surface area contributed by atoms with E-state index in [1.165, 1.54) is 31.6 Å². The summed E-state index contributed by atoms with van der Waals surface area (Å²) in [5.41, 5.74) is 6.96. The molecule has 0 amide bonds. The maximum absolute atomic E-state index is 6.32. The quantitative estimate of drug-likeness (QED) is 0.0982. The molecule has 9 aromatic carbocycles. The summed E-state index contributed by atoms with van der Waals surface area (Å²) in [6, 6.07) is 62.0. The highest BCUT2D eigenvalue weighted by atomic mass is 32.1. The van der Waals surface area contributed by atoms with Crippen molar-refractivity contribution in [1.29, 1.82) is 0 Å². The molecule has 2 heterocycles. The van der Waals surface area contributed by atoms with Crippen LogP contribution in [0.5, 0.6) is 0 Å². The summed E-state index contributed by atoms with van der Waals surface area (Å²) < 4.78 is 8.68. The average molecular weight is 748 g/mol. The summed E-state index contributed by atoms with van der Waals surface area (Å²) >= 11 is 1.76. The Hall–Kier alpha value is -7.21. The fourth-order valence-electron chi connectivity index (χ4n) is 8.39. The van der Waals surface area contributed by atoms with Crippen molar-refractivity contribution in [3.63, 3.8) is 0 Å². The van der Waals surface area contributed by atoms with Gasteiger partial charge < -0.3 is 4.42 Å². The van der Waals surface area contributed by atoms with Crippen molar-refractivity contribution in [2.45, 2.75) is 6.54 Å². The van der Waals surface area contributed by atoms with Crippen molar-refractivity contribution in [3.05, 3.63) is 193 Å². The van der Waals surface area contributed by atoms with Gasteiger partial charge in [0, 0.05) is 42.1 Å². The number of thiophene rings is 1. The summed E-state index contributed by atoms with van der Waals surface area (Å²) in [4.78, 5) is 15.2. The third kappa shape index (κ3) is 5.63. The minimum Gasteiger partial charge on any atom is -0.456 e. The molecule has 0 atom stereocenters. The molecular formula is C52H33N3OS. The highest BCUT2D eigenvalue weighted by Gasteiger charge is 2.17. The lowest BCUT2D eigenvalue weighted by atomic mass is 9.93. The number of para-hydroxylation sites is 1. The second kappa shape index (κ2) is 13.5. The molecule has 0 bridgehead atoms. The second-order valence-electron chi connectivity index (χ2n) is 14.4. The van der Waals surface area contributed by atoms with E-state index in [0.717, 1.165) is 70.6 Å². The predicted octanol–water partition coefficient (Wildman–Crippen LogP) is 14.2. The van der Waals surface area contributed by atoms with Crippen LogP contribution in [0.25, 0.3) is 85.6 Å². The number of hydrogen-bond acceptors (Lipinski definition) is 3. The smallest absolute Gasteiger partial charge is 0.162 e. The highest BCUT2D eigenvalue weighted by molar-refractivity contribution is 7.26. The third-order valence-corrected chi connectivity index (χ3v) is 12.3. The van der Waals surface area contributed by atoms with Gasteiger partial charge in [0.25, 0.3) is 0 Å². The molecule has 0 aliphatic heterocycles. The molecule has 5 heteroatoms. The maximum Gasteiger partial charge on any atom is 0.162 e. The molecule has 57 heavy (non-hydrogen) atoms. The molecule has 0 fully saturated rings. The first-order chi connectivity index (χ1) is 28.2. The van der Waals surface area contributed by atoms with Crippen LogP contribution in [0.1, 0.15) is 16.7 Å². The van der Waals surface area contributed by atoms with Crippen molar-refractivity contribution < 1.29 is 4.42 Å². The van der Waals surface area contributed by atoms with Crippen LogP contribution < -0.4 is 0 Å². The van der Waals surface area contributed by atoms with Crippen molar-refractivity contribution >= 4 is 104 Å². The lowest BCUT2D eigenvalue weighted by Gasteiger charge is -2.12.